The quantitative estimate of drug-likeness (QED) is 0.110. The van der Waals surface area contributed by atoms with Crippen molar-refractivity contribution in [1.82, 2.24) is 0 Å². The highest BCUT2D eigenvalue weighted by atomic mass is 32.2. The van der Waals surface area contributed by atoms with Crippen molar-refractivity contribution < 1.29 is 26.4 Å². The first-order chi connectivity index (χ1) is 26.6. The zero-order valence-electron chi connectivity index (χ0n) is 32.7. The van der Waals surface area contributed by atoms with Gasteiger partial charge in [-0.25, -0.2) is 16.8 Å². The fraction of sp³-hybridized carbons (Fsp3) is 0.409. The third-order valence-corrected chi connectivity index (χ3v) is 16.8. The fourth-order valence-corrected chi connectivity index (χ4v) is 14.4. The van der Waals surface area contributed by atoms with E-state index in [0.717, 1.165) is 0 Å². The summed E-state index contributed by atoms with van der Waals surface area (Å²) in [6, 6.07) is 27.5. The summed E-state index contributed by atoms with van der Waals surface area (Å²) in [6.45, 7) is 12.0. The van der Waals surface area contributed by atoms with E-state index < -0.39 is 30.5 Å². The molecule has 4 N–H and O–H groups in total. The summed E-state index contributed by atoms with van der Waals surface area (Å²) in [7, 11) is -7.60. The van der Waals surface area contributed by atoms with Crippen molar-refractivity contribution in [3.63, 3.8) is 0 Å². The van der Waals surface area contributed by atoms with Crippen LogP contribution in [-0.4, -0.2) is 51.0 Å². The SMILES string of the molecule is CC1CC(C)C(S(=O)(=O)Nc2ccccc2)C(C)C1Nc1ccc(NC2C(C)CC(C)C(S(=O)(=O)Nc3ccccc3)C2C)c2c1C(=O)c1ccccc1C2=O. The average molecular weight is 797 g/mol. The van der Waals surface area contributed by atoms with Crippen LogP contribution in [0.3, 0.4) is 0 Å². The summed E-state index contributed by atoms with van der Waals surface area (Å²) in [5.74, 6) is -1.49. The Labute approximate surface area is 331 Å². The molecule has 4 aromatic carbocycles. The minimum absolute atomic E-state index is 0.0487. The van der Waals surface area contributed by atoms with Gasteiger partial charge in [0.15, 0.2) is 11.6 Å². The molecule has 2 fully saturated rings. The Balaban J connectivity index is 1.24. The van der Waals surface area contributed by atoms with E-state index in [1.165, 1.54) is 0 Å². The van der Waals surface area contributed by atoms with Crippen molar-refractivity contribution in [2.75, 3.05) is 20.1 Å². The second kappa shape index (κ2) is 15.3. The molecule has 0 spiro atoms. The molecule has 0 amide bonds. The van der Waals surface area contributed by atoms with Gasteiger partial charge in [0.1, 0.15) is 0 Å². The van der Waals surface area contributed by atoms with Crippen LogP contribution in [0, 0.1) is 35.5 Å². The maximum atomic E-state index is 14.5. The van der Waals surface area contributed by atoms with E-state index in [1.807, 2.05) is 39.8 Å². The lowest BCUT2D eigenvalue weighted by atomic mass is 9.72. The number of benzene rings is 4. The topological polar surface area (TPSA) is 151 Å². The van der Waals surface area contributed by atoms with Crippen molar-refractivity contribution in [3.05, 3.63) is 119 Å². The molecule has 7 rings (SSSR count). The lowest BCUT2D eigenvalue weighted by Crippen LogP contribution is -2.52. The minimum atomic E-state index is -3.80. The molecule has 10 nitrogen and oxygen atoms in total. The summed E-state index contributed by atoms with van der Waals surface area (Å²) >= 11 is 0. The number of para-hydroxylation sites is 2. The van der Waals surface area contributed by atoms with Crippen LogP contribution in [0.15, 0.2) is 97.1 Å². The van der Waals surface area contributed by atoms with Gasteiger partial charge in [-0.2, -0.15) is 0 Å². The van der Waals surface area contributed by atoms with Crippen LogP contribution in [-0.2, 0) is 20.0 Å². The van der Waals surface area contributed by atoms with Crippen LogP contribution >= 0.6 is 0 Å². The molecule has 2 saturated carbocycles. The Morgan fingerprint density at radius 1 is 0.464 bits per heavy atom. The lowest BCUT2D eigenvalue weighted by Gasteiger charge is -2.45. The molecule has 10 unspecified atom stereocenters. The molecule has 0 bridgehead atoms. The smallest absolute Gasteiger partial charge is 0.236 e. The number of rotatable bonds is 10. The second-order valence-corrected chi connectivity index (χ2v) is 20.2. The third kappa shape index (κ3) is 7.33. The molecular formula is C44H52N4O6S2. The molecule has 0 radical (unpaired) electrons. The number of carbonyl (C=O) groups excluding carboxylic acids is 2. The van der Waals surface area contributed by atoms with Gasteiger partial charge in [-0.1, -0.05) is 102 Å². The first-order valence-electron chi connectivity index (χ1n) is 19.6. The van der Waals surface area contributed by atoms with Gasteiger partial charge in [0, 0.05) is 46.0 Å². The number of hydrogen-bond donors (Lipinski definition) is 4. The molecule has 0 aliphatic heterocycles. The zero-order valence-corrected chi connectivity index (χ0v) is 34.3. The lowest BCUT2D eigenvalue weighted by molar-refractivity contribution is 0.0980. The molecule has 3 aliphatic carbocycles. The summed E-state index contributed by atoms with van der Waals surface area (Å²) in [6.07, 6.45) is 1.28. The maximum absolute atomic E-state index is 14.5. The van der Waals surface area contributed by atoms with E-state index in [9.17, 15) is 26.4 Å². The highest BCUT2D eigenvalue weighted by Gasteiger charge is 2.48. The Morgan fingerprint density at radius 2 is 0.804 bits per heavy atom. The zero-order chi connectivity index (χ0) is 40.1. The Morgan fingerprint density at radius 3 is 1.16 bits per heavy atom. The normalized spacial score (nSPS) is 29.1. The largest absolute Gasteiger partial charge is 0.381 e. The van der Waals surface area contributed by atoms with Gasteiger partial charge in [-0.3, -0.25) is 19.0 Å². The average Bonchev–Trinajstić information content (AvgIpc) is 3.14. The van der Waals surface area contributed by atoms with Crippen LogP contribution in [0.1, 0.15) is 86.2 Å². The molecule has 12 heteroatoms. The van der Waals surface area contributed by atoms with E-state index in [0.29, 0.717) is 46.7 Å². The van der Waals surface area contributed by atoms with Crippen LogP contribution in [0.25, 0.3) is 0 Å². The maximum Gasteiger partial charge on any atom is 0.236 e. The molecule has 0 aromatic heterocycles. The van der Waals surface area contributed by atoms with Crippen molar-refractivity contribution in [3.8, 4) is 0 Å². The van der Waals surface area contributed by atoms with E-state index in [1.54, 1.807) is 84.9 Å². The van der Waals surface area contributed by atoms with Crippen LogP contribution in [0.2, 0.25) is 0 Å². The van der Waals surface area contributed by atoms with Crippen LogP contribution in [0.5, 0.6) is 0 Å². The molecule has 10 atom stereocenters. The molecule has 296 valence electrons. The number of nitrogens with one attached hydrogen (secondary N) is 4. The molecule has 3 aliphatic rings. The van der Waals surface area contributed by atoms with Gasteiger partial charge in [0.25, 0.3) is 0 Å². The summed E-state index contributed by atoms with van der Waals surface area (Å²) < 4.78 is 61.4. The first-order valence-corrected chi connectivity index (χ1v) is 22.7. The van der Waals surface area contributed by atoms with Gasteiger partial charge in [0.2, 0.25) is 20.0 Å². The number of hydrogen-bond acceptors (Lipinski definition) is 8. The number of anilines is 4. The number of carbonyl (C=O) groups is 2. The molecule has 4 aromatic rings. The molecule has 56 heavy (non-hydrogen) atoms. The van der Waals surface area contributed by atoms with Crippen molar-refractivity contribution in [1.29, 1.82) is 0 Å². The number of sulfonamides is 2. The molecule has 0 heterocycles. The summed E-state index contributed by atoms with van der Waals surface area (Å²) in [4.78, 5) is 29.0. The van der Waals surface area contributed by atoms with Gasteiger partial charge in [0.05, 0.1) is 21.6 Å². The van der Waals surface area contributed by atoms with Gasteiger partial charge in [-0.15, -0.1) is 0 Å². The predicted molar refractivity (Wildman–Crippen MR) is 224 cm³/mol. The standard InChI is InChI=1S/C44H52N4O6S2/c1-25-23-27(3)43(55(51,52)47-31-15-9-7-10-16-31)29(5)39(25)45-35-21-22-36(38-37(35)41(49)33-19-13-14-20-34(33)42(38)50)46-40-26(2)24-28(4)44(30(40)6)56(53,54)48-32-17-11-8-12-18-32/h7-22,25-30,39-40,43-48H,23-24H2,1-6H3. The number of fused-ring (bicyclic) bond motifs is 2. The fourth-order valence-electron chi connectivity index (χ4n) is 10.2. The van der Waals surface area contributed by atoms with E-state index in [2.05, 4.69) is 33.9 Å². The number of ketones is 2. The Hall–Kier alpha value is -4.68. The van der Waals surface area contributed by atoms with Gasteiger partial charge >= 0.3 is 0 Å². The van der Waals surface area contributed by atoms with Crippen molar-refractivity contribution in [2.45, 2.75) is 77.0 Å². The van der Waals surface area contributed by atoms with E-state index in [4.69, 9.17) is 0 Å². The van der Waals surface area contributed by atoms with Crippen LogP contribution in [0.4, 0.5) is 22.7 Å². The van der Waals surface area contributed by atoms with E-state index >= 15 is 0 Å². The predicted octanol–water partition coefficient (Wildman–Crippen LogP) is 8.27. The highest BCUT2D eigenvalue weighted by Crippen LogP contribution is 2.44. The Kier molecular flexibility index (Phi) is 10.8. The van der Waals surface area contributed by atoms with Crippen molar-refractivity contribution >= 4 is 54.4 Å². The first kappa shape index (κ1) is 39.6. The summed E-state index contributed by atoms with van der Waals surface area (Å²) in [5.41, 5.74) is 3.02. The van der Waals surface area contributed by atoms with Gasteiger partial charge in [-0.05, 0) is 84.7 Å². The summed E-state index contributed by atoms with van der Waals surface area (Å²) in [5, 5.41) is 5.76. The molecular weight excluding hydrogens is 745 g/mol. The Bertz CT molecular complexity index is 2170. The van der Waals surface area contributed by atoms with Gasteiger partial charge < -0.3 is 10.6 Å². The van der Waals surface area contributed by atoms with E-state index in [-0.39, 0.29) is 70.3 Å². The minimum Gasteiger partial charge on any atom is -0.381 e. The van der Waals surface area contributed by atoms with Crippen LogP contribution < -0.4 is 20.1 Å². The molecule has 0 saturated heterocycles. The third-order valence-electron chi connectivity index (χ3n) is 12.5. The second-order valence-electron chi connectivity index (χ2n) is 16.5. The monoisotopic (exact) mass is 796 g/mol. The highest BCUT2D eigenvalue weighted by molar-refractivity contribution is 7.93. The van der Waals surface area contributed by atoms with Crippen molar-refractivity contribution in [2.24, 2.45) is 35.5 Å².